The number of amides is 1. The number of piperidine rings is 1. The second kappa shape index (κ2) is 10.8. The molecular weight excluding hydrogens is 454 g/mol. The number of nitrogens with zero attached hydrogens (tertiary/aromatic N) is 5. The lowest BCUT2D eigenvalue weighted by atomic mass is 9.96. The van der Waals surface area contributed by atoms with E-state index < -0.39 is 0 Å². The van der Waals surface area contributed by atoms with Crippen LogP contribution in [-0.2, 0) is 11.3 Å². The van der Waals surface area contributed by atoms with Crippen LogP contribution >= 0.6 is 0 Å². The third-order valence-electron chi connectivity index (χ3n) is 7.18. The average Bonchev–Trinajstić information content (AvgIpc) is 2.94. The highest BCUT2D eigenvalue weighted by Crippen LogP contribution is 2.26. The quantitative estimate of drug-likeness (QED) is 0.533. The number of methoxy groups -OCH3 is 1. The summed E-state index contributed by atoms with van der Waals surface area (Å²) in [6, 6.07) is 19.6. The van der Waals surface area contributed by atoms with E-state index in [-0.39, 0.29) is 17.4 Å². The normalized spacial score (nSPS) is 18.2. The number of anilines is 2. The van der Waals surface area contributed by atoms with Gasteiger partial charge in [-0.2, -0.15) is 5.10 Å². The molecule has 3 heterocycles. The number of ether oxygens (including phenoxy) is 1. The van der Waals surface area contributed by atoms with Crippen LogP contribution in [0.2, 0.25) is 0 Å². The Morgan fingerprint density at radius 2 is 1.75 bits per heavy atom. The van der Waals surface area contributed by atoms with E-state index in [1.165, 1.54) is 4.68 Å². The molecule has 1 aromatic heterocycles. The van der Waals surface area contributed by atoms with Gasteiger partial charge in [-0.15, -0.1) is 0 Å². The molecule has 0 unspecified atom stereocenters. The topological polar surface area (TPSA) is 70.9 Å². The molecule has 2 fully saturated rings. The van der Waals surface area contributed by atoms with Crippen LogP contribution in [0.5, 0.6) is 5.75 Å². The SMILES string of the molecule is COc1cccc(N2CCN(C(=O)[C@H]3CCCN(c4cnn(Cc5ccccc5)c(=O)c4)C3)CC2)c1. The Labute approximate surface area is 211 Å². The van der Waals surface area contributed by atoms with Crippen LogP contribution < -0.4 is 20.1 Å². The molecule has 1 amide bonds. The van der Waals surface area contributed by atoms with Crippen LogP contribution in [0.1, 0.15) is 18.4 Å². The number of aromatic nitrogens is 2. The van der Waals surface area contributed by atoms with Gasteiger partial charge in [0.15, 0.2) is 0 Å². The monoisotopic (exact) mass is 487 g/mol. The lowest BCUT2D eigenvalue weighted by molar-refractivity contribution is -0.136. The van der Waals surface area contributed by atoms with Crippen LogP contribution in [0.15, 0.2) is 71.7 Å². The first kappa shape index (κ1) is 23.9. The van der Waals surface area contributed by atoms with E-state index in [4.69, 9.17) is 4.74 Å². The number of rotatable bonds is 6. The highest BCUT2D eigenvalue weighted by Gasteiger charge is 2.31. The fraction of sp³-hybridized carbons (Fsp3) is 0.393. The van der Waals surface area contributed by atoms with Crippen molar-refractivity contribution in [2.45, 2.75) is 19.4 Å². The average molecular weight is 488 g/mol. The van der Waals surface area contributed by atoms with Gasteiger partial charge in [0.05, 0.1) is 31.5 Å². The third-order valence-corrected chi connectivity index (χ3v) is 7.18. The van der Waals surface area contributed by atoms with Crippen molar-refractivity contribution in [3.63, 3.8) is 0 Å². The maximum atomic E-state index is 13.4. The van der Waals surface area contributed by atoms with Gasteiger partial charge < -0.3 is 19.4 Å². The first-order chi connectivity index (χ1) is 17.6. The number of hydrogen-bond acceptors (Lipinski definition) is 6. The molecule has 0 radical (unpaired) electrons. The Morgan fingerprint density at radius 3 is 2.50 bits per heavy atom. The Balaban J connectivity index is 1.19. The summed E-state index contributed by atoms with van der Waals surface area (Å²) in [5.41, 5.74) is 2.83. The first-order valence-electron chi connectivity index (χ1n) is 12.6. The van der Waals surface area contributed by atoms with Gasteiger partial charge in [0.1, 0.15) is 5.75 Å². The number of benzene rings is 2. The molecular formula is C28H33N5O3. The van der Waals surface area contributed by atoms with E-state index in [1.54, 1.807) is 19.4 Å². The number of carbonyl (C=O) groups is 1. The Bertz CT molecular complexity index is 1240. The first-order valence-corrected chi connectivity index (χ1v) is 12.6. The lowest BCUT2D eigenvalue weighted by Gasteiger charge is -2.40. The summed E-state index contributed by atoms with van der Waals surface area (Å²) in [5, 5.41) is 4.41. The summed E-state index contributed by atoms with van der Waals surface area (Å²) in [6.07, 6.45) is 3.56. The number of hydrogen-bond donors (Lipinski definition) is 0. The zero-order chi connectivity index (χ0) is 24.9. The predicted molar refractivity (Wildman–Crippen MR) is 141 cm³/mol. The lowest BCUT2D eigenvalue weighted by Crippen LogP contribution is -2.52. The summed E-state index contributed by atoms with van der Waals surface area (Å²) < 4.78 is 6.83. The second-order valence-electron chi connectivity index (χ2n) is 9.49. The molecule has 0 bridgehead atoms. The maximum absolute atomic E-state index is 13.4. The van der Waals surface area contributed by atoms with Gasteiger partial charge in [-0.05, 0) is 30.5 Å². The van der Waals surface area contributed by atoms with Crippen LogP contribution in [-0.4, -0.2) is 67.0 Å². The molecule has 5 rings (SSSR count). The Hall–Kier alpha value is -3.81. The minimum atomic E-state index is -0.126. The highest BCUT2D eigenvalue weighted by atomic mass is 16.5. The summed E-state index contributed by atoms with van der Waals surface area (Å²) in [7, 11) is 1.68. The molecule has 2 aliphatic heterocycles. The highest BCUT2D eigenvalue weighted by molar-refractivity contribution is 5.80. The standard InChI is InChI=1S/C28H33N5O3/c1-36-26-11-5-10-24(17-26)30-13-15-31(16-14-30)28(35)23-9-6-12-32(21-23)25-18-27(34)33(29-19-25)20-22-7-3-2-4-8-22/h2-5,7-8,10-11,17-19,23H,6,9,12-16,20-21H2,1H3/t23-/m0/s1. The van der Waals surface area contributed by atoms with Gasteiger partial charge in [-0.3, -0.25) is 9.59 Å². The molecule has 188 valence electrons. The van der Waals surface area contributed by atoms with Crippen molar-refractivity contribution in [3.8, 4) is 5.75 Å². The fourth-order valence-electron chi connectivity index (χ4n) is 5.14. The van der Waals surface area contributed by atoms with Crippen LogP contribution in [0.4, 0.5) is 11.4 Å². The van der Waals surface area contributed by atoms with Crippen molar-refractivity contribution in [2.75, 3.05) is 56.2 Å². The van der Waals surface area contributed by atoms with E-state index in [0.717, 1.165) is 55.2 Å². The fourth-order valence-corrected chi connectivity index (χ4v) is 5.14. The van der Waals surface area contributed by atoms with E-state index in [1.807, 2.05) is 53.4 Å². The molecule has 0 N–H and O–H groups in total. The van der Waals surface area contributed by atoms with E-state index in [0.29, 0.717) is 26.2 Å². The summed E-state index contributed by atoms with van der Waals surface area (Å²) in [5.74, 6) is 1.000. The predicted octanol–water partition coefficient (Wildman–Crippen LogP) is 2.87. The molecule has 8 nitrogen and oxygen atoms in total. The van der Waals surface area contributed by atoms with Crippen molar-refractivity contribution in [2.24, 2.45) is 5.92 Å². The zero-order valence-corrected chi connectivity index (χ0v) is 20.8. The Morgan fingerprint density at radius 1 is 0.944 bits per heavy atom. The van der Waals surface area contributed by atoms with Crippen molar-refractivity contribution in [1.82, 2.24) is 14.7 Å². The number of carbonyl (C=O) groups excluding carboxylic acids is 1. The molecule has 8 heteroatoms. The van der Waals surface area contributed by atoms with E-state index in [2.05, 4.69) is 21.0 Å². The van der Waals surface area contributed by atoms with E-state index >= 15 is 0 Å². The maximum Gasteiger partial charge on any atom is 0.269 e. The van der Waals surface area contributed by atoms with E-state index in [9.17, 15) is 9.59 Å². The molecule has 0 spiro atoms. The molecule has 2 aliphatic rings. The number of piperazine rings is 1. The van der Waals surface area contributed by atoms with Crippen LogP contribution in [0.3, 0.4) is 0 Å². The second-order valence-corrected chi connectivity index (χ2v) is 9.49. The van der Waals surface area contributed by atoms with Crippen molar-refractivity contribution in [3.05, 3.63) is 82.8 Å². The Kier molecular flexibility index (Phi) is 7.21. The van der Waals surface area contributed by atoms with Gasteiger partial charge in [0, 0.05) is 57.1 Å². The third kappa shape index (κ3) is 5.37. The van der Waals surface area contributed by atoms with Crippen LogP contribution in [0.25, 0.3) is 0 Å². The molecule has 2 saturated heterocycles. The smallest absolute Gasteiger partial charge is 0.269 e. The zero-order valence-electron chi connectivity index (χ0n) is 20.8. The van der Waals surface area contributed by atoms with Crippen LogP contribution in [0, 0.1) is 5.92 Å². The van der Waals surface area contributed by atoms with Gasteiger partial charge >= 0.3 is 0 Å². The van der Waals surface area contributed by atoms with Crippen molar-refractivity contribution >= 4 is 17.3 Å². The molecule has 0 saturated carbocycles. The summed E-state index contributed by atoms with van der Waals surface area (Å²) in [4.78, 5) is 32.5. The summed E-state index contributed by atoms with van der Waals surface area (Å²) in [6.45, 7) is 4.93. The van der Waals surface area contributed by atoms with Gasteiger partial charge in [-0.1, -0.05) is 36.4 Å². The van der Waals surface area contributed by atoms with Crippen molar-refractivity contribution < 1.29 is 9.53 Å². The van der Waals surface area contributed by atoms with Gasteiger partial charge in [-0.25, -0.2) is 4.68 Å². The largest absolute Gasteiger partial charge is 0.497 e. The summed E-state index contributed by atoms with van der Waals surface area (Å²) >= 11 is 0. The molecule has 36 heavy (non-hydrogen) atoms. The molecule has 0 aliphatic carbocycles. The molecule has 3 aromatic rings. The van der Waals surface area contributed by atoms with Gasteiger partial charge in [0.2, 0.25) is 5.91 Å². The van der Waals surface area contributed by atoms with Gasteiger partial charge in [0.25, 0.3) is 5.56 Å². The minimum Gasteiger partial charge on any atom is -0.497 e. The molecule has 2 aromatic carbocycles. The van der Waals surface area contributed by atoms with Crippen molar-refractivity contribution in [1.29, 1.82) is 0 Å². The molecule has 1 atom stereocenters. The minimum absolute atomic E-state index is 0.0612.